The molecule has 2 aromatic carbocycles. The van der Waals surface area contributed by atoms with Gasteiger partial charge in [-0.15, -0.1) is 0 Å². The Morgan fingerprint density at radius 1 is 1.18 bits per heavy atom. The fraction of sp³-hybridized carbons (Fsp3) is 0.280. The lowest BCUT2D eigenvalue weighted by atomic mass is 9.85. The van der Waals surface area contributed by atoms with Gasteiger partial charge in [0.15, 0.2) is 11.0 Å². The van der Waals surface area contributed by atoms with Crippen LogP contribution in [0.2, 0.25) is 0 Å². The summed E-state index contributed by atoms with van der Waals surface area (Å²) in [7, 11) is 1.47. The number of thioether (sulfide) groups is 1. The number of methoxy groups -OCH3 is 1. The number of carbonyl (C=O) groups excluding carboxylic acids is 1. The van der Waals surface area contributed by atoms with Gasteiger partial charge in [-0.3, -0.25) is 4.79 Å². The standard InChI is InChI=1S/C25H25FN4O3S/c1-25(22(15-34-24(27)30-25)33-14-16-6-4-3-5-7-16)18-10-17(8-9-19(18)26)11-21(31)20-12-29-23(32-2)13-28-20/h3-10,12-13,22H,11,14-15H2,1-2H3,(H2,27,30)/t22-,25-/m1/s1. The molecule has 7 nitrogen and oxygen atoms in total. The van der Waals surface area contributed by atoms with Crippen molar-refractivity contribution in [2.75, 3.05) is 12.9 Å². The number of nitrogens with zero attached hydrogens (tertiary/aromatic N) is 3. The van der Waals surface area contributed by atoms with Gasteiger partial charge in [0, 0.05) is 17.7 Å². The number of Topliss-reactive ketones (excluding diaryl/α,β-unsaturated/α-hetero) is 1. The molecule has 0 spiro atoms. The molecule has 176 valence electrons. The maximum absolute atomic E-state index is 15.1. The average Bonchev–Trinajstić information content (AvgIpc) is 2.85. The molecule has 3 aromatic rings. The maximum atomic E-state index is 15.1. The van der Waals surface area contributed by atoms with E-state index in [0.717, 1.165) is 5.56 Å². The molecule has 34 heavy (non-hydrogen) atoms. The number of ether oxygens (including phenoxy) is 2. The molecule has 4 rings (SSSR count). The van der Waals surface area contributed by atoms with E-state index in [1.165, 1.54) is 37.3 Å². The van der Waals surface area contributed by atoms with Crippen LogP contribution in [-0.4, -0.2) is 39.9 Å². The zero-order valence-corrected chi connectivity index (χ0v) is 19.7. The molecular weight excluding hydrogens is 455 g/mol. The highest BCUT2D eigenvalue weighted by Crippen LogP contribution is 2.39. The second-order valence-electron chi connectivity index (χ2n) is 8.05. The van der Waals surface area contributed by atoms with Crippen LogP contribution in [0.3, 0.4) is 0 Å². The van der Waals surface area contributed by atoms with Gasteiger partial charge in [-0.05, 0) is 30.2 Å². The van der Waals surface area contributed by atoms with E-state index in [0.29, 0.717) is 34.5 Å². The topological polar surface area (TPSA) is 99.7 Å². The minimum absolute atomic E-state index is 0.0356. The summed E-state index contributed by atoms with van der Waals surface area (Å²) in [5.41, 5.74) is 7.18. The fourth-order valence-electron chi connectivity index (χ4n) is 3.78. The number of nitrogens with two attached hydrogens (primary N) is 1. The predicted molar refractivity (Wildman–Crippen MR) is 129 cm³/mol. The molecule has 0 aliphatic carbocycles. The van der Waals surface area contributed by atoms with Crippen LogP contribution < -0.4 is 10.5 Å². The number of benzene rings is 2. The first-order valence-electron chi connectivity index (χ1n) is 10.7. The summed E-state index contributed by atoms with van der Waals surface area (Å²) < 4.78 is 26.3. The first kappa shape index (κ1) is 23.8. The quantitative estimate of drug-likeness (QED) is 0.488. The van der Waals surface area contributed by atoms with Crippen molar-refractivity contribution in [1.29, 1.82) is 0 Å². The largest absolute Gasteiger partial charge is 0.480 e. The molecule has 2 N–H and O–H groups in total. The first-order chi connectivity index (χ1) is 16.4. The Morgan fingerprint density at radius 3 is 2.68 bits per heavy atom. The summed E-state index contributed by atoms with van der Waals surface area (Å²) in [6.07, 6.45) is 2.37. The molecule has 0 radical (unpaired) electrons. The summed E-state index contributed by atoms with van der Waals surface area (Å²) in [6.45, 7) is 2.18. The molecule has 1 aliphatic heterocycles. The molecule has 2 heterocycles. The number of aromatic nitrogens is 2. The highest BCUT2D eigenvalue weighted by Gasteiger charge is 2.42. The van der Waals surface area contributed by atoms with Gasteiger partial charge >= 0.3 is 0 Å². The lowest BCUT2D eigenvalue weighted by Crippen LogP contribution is -2.44. The number of aliphatic imine (C=N–C) groups is 1. The molecule has 0 amide bonds. The van der Waals surface area contributed by atoms with E-state index in [4.69, 9.17) is 15.2 Å². The zero-order chi connectivity index (χ0) is 24.1. The van der Waals surface area contributed by atoms with Gasteiger partial charge in [0.2, 0.25) is 5.88 Å². The predicted octanol–water partition coefficient (Wildman–Crippen LogP) is 3.91. The third-order valence-electron chi connectivity index (χ3n) is 5.71. The van der Waals surface area contributed by atoms with Crippen LogP contribution in [0, 0.1) is 5.82 Å². The van der Waals surface area contributed by atoms with Crippen molar-refractivity contribution in [2.45, 2.75) is 31.6 Å². The van der Waals surface area contributed by atoms with Gasteiger partial charge in [-0.2, -0.15) is 0 Å². The van der Waals surface area contributed by atoms with E-state index in [9.17, 15) is 4.79 Å². The van der Waals surface area contributed by atoms with Crippen LogP contribution in [0.1, 0.15) is 34.1 Å². The van der Waals surface area contributed by atoms with Crippen molar-refractivity contribution in [3.63, 3.8) is 0 Å². The first-order valence-corrected chi connectivity index (χ1v) is 11.7. The number of rotatable bonds is 8. The monoisotopic (exact) mass is 480 g/mol. The van der Waals surface area contributed by atoms with Gasteiger partial charge in [0.25, 0.3) is 0 Å². The van der Waals surface area contributed by atoms with Gasteiger partial charge in [-0.25, -0.2) is 19.4 Å². The molecule has 0 unspecified atom stereocenters. The Hall–Kier alpha value is -3.30. The van der Waals surface area contributed by atoms with Crippen LogP contribution in [0.4, 0.5) is 4.39 Å². The van der Waals surface area contributed by atoms with E-state index < -0.39 is 17.5 Å². The maximum Gasteiger partial charge on any atom is 0.232 e. The molecule has 0 bridgehead atoms. The van der Waals surface area contributed by atoms with Crippen LogP contribution in [-0.2, 0) is 23.3 Å². The number of halogens is 1. The number of amidine groups is 1. The molecule has 2 atom stereocenters. The highest BCUT2D eigenvalue weighted by molar-refractivity contribution is 8.13. The average molecular weight is 481 g/mol. The normalized spacial score (nSPS) is 20.0. The summed E-state index contributed by atoms with van der Waals surface area (Å²) in [4.78, 5) is 25.5. The van der Waals surface area contributed by atoms with E-state index in [1.54, 1.807) is 12.1 Å². The van der Waals surface area contributed by atoms with Gasteiger partial charge < -0.3 is 15.2 Å². The minimum atomic E-state index is -1.05. The van der Waals surface area contributed by atoms with Crippen LogP contribution in [0.15, 0.2) is 65.9 Å². The number of ketones is 1. The third-order valence-corrected chi connectivity index (χ3v) is 6.57. The lowest BCUT2D eigenvalue weighted by Gasteiger charge is -2.38. The highest BCUT2D eigenvalue weighted by atomic mass is 32.2. The van der Waals surface area contributed by atoms with Crippen molar-refractivity contribution in [3.05, 3.63) is 89.1 Å². The Morgan fingerprint density at radius 2 is 1.97 bits per heavy atom. The van der Waals surface area contributed by atoms with Crippen molar-refractivity contribution < 1.29 is 18.7 Å². The lowest BCUT2D eigenvalue weighted by molar-refractivity contribution is 0.00644. The minimum Gasteiger partial charge on any atom is -0.480 e. The van der Waals surface area contributed by atoms with Crippen LogP contribution in [0.5, 0.6) is 5.88 Å². The Kier molecular flexibility index (Phi) is 7.23. The van der Waals surface area contributed by atoms with E-state index in [1.807, 2.05) is 37.3 Å². The third kappa shape index (κ3) is 5.26. The van der Waals surface area contributed by atoms with Crippen molar-refractivity contribution in [3.8, 4) is 5.88 Å². The van der Waals surface area contributed by atoms with E-state index in [2.05, 4.69) is 15.0 Å². The fourth-order valence-corrected chi connectivity index (χ4v) is 4.78. The molecule has 0 saturated heterocycles. The van der Waals surface area contributed by atoms with Crippen molar-refractivity contribution in [1.82, 2.24) is 9.97 Å². The van der Waals surface area contributed by atoms with Gasteiger partial charge in [0.1, 0.15) is 17.1 Å². The molecule has 0 fully saturated rings. The summed E-state index contributed by atoms with van der Waals surface area (Å²) in [5, 5.41) is 0.372. The van der Waals surface area contributed by atoms with Gasteiger partial charge in [0.05, 0.1) is 32.2 Å². The molecule has 1 aliphatic rings. The molecular formula is C25H25FN4O3S. The molecule has 1 aromatic heterocycles. The summed E-state index contributed by atoms with van der Waals surface area (Å²) in [5.74, 6) is 0.181. The SMILES string of the molecule is COc1cnc(C(=O)Cc2ccc(F)c([C@@]3(C)N=C(N)SC[C@H]3OCc3ccccc3)c2)cn1. The zero-order valence-electron chi connectivity index (χ0n) is 18.9. The van der Waals surface area contributed by atoms with Crippen LogP contribution >= 0.6 is 11.8 Å². The number of hydrogen-bond donors (Lipinski definition) is 1. The Bertz CT molecular complexity index is 1190. The van der Waals surface area contributed by atoms with Gasteiger partial charge in [-0.1, -0.05) is 48.2 Å². The molecule has 9 heteroatoms. The number of carbonyl (C=O) groups is 1. The summed E-state index contributed by atoms with van der Waals surface area (Å²) >= 11 is 1.38. The van der Waals surface area contributed by atoms with E-state index >= 15 is 4.39 Å². The molecule has 0 saturated carbocycles. The Balaban J connectivity index is 1.59. The van der Waals surface area contributed by atoms with E-state index in [-0.39, 0.29) is 17.9 Å². The second-order valence-corrected chi connectivity index (χ2v) is 9.09. The van der Waals surface area contributed by atoms with Crippen LogP contribution in [0.25, 0.3) is 0 Å². The summed E-state index contributed by atoms with van der Waals surface area (Å²) in [6, 6.07) is 14.4. The smallest absolute Gasteiger partial charge is 0.232 e. The second kappa shape index (κ2) is 10.3. The van der Waals surface area contributed by atoms with Crippen molar-refractivity contribution >= 4 is 22.7 Å². The van der Waals surface area contributed by atoms with Crippen molar-refractivity contribution in [2.24, 2.45) is 10.7 Å². The Labute approximate surface area is 201 Å². The number of hydrogen-bond acceptors (Lipinski definition) is 8.